The summed E-state index contributed by atoms with van der Waals surface area (Å²) in [5.74, 6) is -4.78. The molecule has 0 radical (unpaired) electrons. The zero-order valence-electron chi connectivity index (χ0n) is 18.3. The van der Waals surface area contributed by atoms with Gasteiger partial charge in [-0.3, -0.25) is 0 Å². The Hall–Kier alpha value is -2.45. The minimum Gasteiger partial charge on any atom is -0.432 e. The highest BCUT2D eigenvalue weighted by Crippen LogP contribution is 2.45. The molecule has 0 atom stereocenters. The zero-order chi connectivity index (χ0) is 24.5. The van der Waals surface area contributed by atoms with Crippen LogP contribution in [0.3, 0.4) is 0 Å². The highest BCUT2D eigenvalue weighted by molar-refractivity contribution is 5.35. The summed E-state index contributed by atoms with van der Waals surface area (Å²) in [6.07, 6.45) is 3.90. The molecular weight excluding hydrogens is 465 g/mol. The molecule has 2 nitrogen and oxygen atoms in total. The number of hydrogen-bond donors (Lipinski definition) is 0. The van der Waals surface area contributed by atoms with Gasteiger partial charge in [0.25, 0.3) is 0 Å². The lowest BCUT2D eigenvalue weighted by molar-refractivity contribution is -0.189. The summed E-state index contributed by atoms with van der Waals surface area (Å²) in [7, 11) is 0. The van der Waals surface area contributed by atoms with Crippen LogP contribution >= 0.6 is 0 Å². The maximum absolute atomic E-state index is 14.7. The van der Waals surface area contributed by atoms with Crippen molar-refractivity contribution in [3.05, 3.63) is 58.9 Å². The van der Waals surface area contributed by atoms with Gasteiger partial charge in [0.05, 0.1) is 0 Å². The quantitative estimate of drug-likeness (QED) is 0.364. The van der Waals surface area contributed by atoms with Crippen LogP contribution in [0.15, 0.2) is 30.3 Å². The molecule has 0 bridgehead atoms. The maximum atomic E-state index is 14.7. The summed E-state index contributed by atoms with van der Waals surface area (Å²) in [5.41, 5.74) is -1.26. The number of ether oxygens (including phenoxy) is 2. The van der Waals surface area contributed by atoms with Gasteiger partial charge in [0, 0.05) is 6.07 Å². The van der Waals surface area contributed by atoms with Gasteiger partial charge in [-0.1, -0.05) is 25.7 Å². The Morgan fingerprint density at radius 3 is 1.91 bits per heavy atom. The Kier molecular flexibility index (Phi) is 7.28. The van der Waals surface area contributed by atoms with Gasteiger partial charge in [0.2, 0.25) is 0 Å². The van der Waals surface area contributed by atoms with Gasteiger partial charge in [-0.2, -0.15) is 17.6 Å². The van der Waals surface area contributed by atoms with Gasteiger partial charge in [0.1, 0.15) is 22.9 Å². The van der Waals surface area contributed by atoms with Gasteiger partial charge >= 0.3 is 12.7 Å². The first kappa shape index (κ1) is 24.7. The Labute approximate surface area is 193 Å². The lowest BCUT2D eigenvalue weighted by Gasteiger charge is -2.32. The molecular formula is C25H25F7O2. The predicted octanol–water partition coefficient (Wildman–Crippen LogP) is 8.30. The van der Waals surface area contributed by atoms with E-state index in [4.69, 9.17) is 0 Å². The van der Waals surface area contributed by atoms with Gasteiger partial charge in [-0.05, 0) is 73.3 Å². The van der Waals surface area contributed by atoms with Crippen molar-refractivity contribution >= 4 is 0 Å². The van der Waals surface area contributed by atoms with Crippen LogP contribution < -0.4 is 9.47 Å². The molecule has 2 aliphatic rings. The molecule has 0 heterocycles. The highest BCUT2D eigenvalue weighted by Gasteiger charge is 2.42. The Morgan fingerprint density at radius 2 is 1.35 bits per heavy atom. The molecule has 0 aromatic heterocycles. The number of halogens is 7. The van der Waals surface area contributed by atoms with E-state index in [1.165, 1.54) is 25.7 Å². The van der Waals surface area contributed by atoms with Crippen LogP contribution in [-0.2, 0) is 6.11 Å². The summed E-state index contributed by atoms with van der Waals surface area (Å²) in [6, 6.07) is 3.59. The topological polar surface area (TPSA) is 18.5 Å². The third kappa shape index (κ3) is 5.44. The molecule has 0 unspecified atom stereocenters. The lowest BCUT2D eigenvalue weighted by Crippen LogP contribution is -2.26. The third-order valence-corrected chi connectivity index (χ3v) is 7.03. The molecule has 2 aliphatic carbocycles. The molecule has 0 amide bonds. The number of hydrogen-bond acceptors (Lipinski definition) is 2. The minimum absolute atomic E-state index is 0.110. The summed E-state index contributed by atoms with van der Waals surface area (Å²) >= 11 is 0. The van der Waals surface area contributed by atoms with Crippen LogP contribution in [0.1, 0.15) is 68.4 Å². The van der Waals surface area contributed by atoms with Crippen LogP contribution in [0, 0.1) is 29.3 Å². The Morgan fingerprint density at radius 1 is 0.765 bits per heavy atom. The molecule has 186 valence electrons. The van der Waals surface area contributed by atoms with E-state index in [1.807, 2.05) is 0 Å². The first-order chi connectivity index (χ1) is 16.1. The smallest absolute Gasteiger partial charge is 0.432 e. The van der Waals surface area contributed by atoms with Crippen molar-refractivity contribution in [3.8, 4) is 11.5 Å². The van der Waals surface area contributed by atoms with Crippen LogP contribution in [0.4, 0.5) is 30.7 Å². The lowest BCUT2D eigenvalue weighted by atomic mass is 9.73. The minimum atomic E-state index is -4.47. The second-order valence-corrected chi connectivity index (χ2v) is 9.11. The normalized spacial score (nSPS) is 21.8. The molecule has 2 fully saturated rings. The van der Waals surface area contributed by atoms with Crippen molar-refractivity contribution in [1.29, 1.82) is 0 Å². The van der Waals surface area contributed by atoms with Crippen molar-refractivity contribution in [2.24, 2.45) is 11.8 Å². The van der Waals surface area contributed by atoms with Crippen LogP contribution in [0.2, 0.25) is 0 Å². The second-order valence-electron chi connectivity index (χ2n) is 9.11. The van der Waals surface area contributed by atoms with E-state index in [2.05, 4.69) is 9.47 Å². The highest BCUT2D eigenvalue weighted by atomic mass is 19.3. The van der Waals surface area contributed by atoms with Crippen molar-refractivity contribution < 1.29 is 40.2 Å². The van der Waals surface area contributed by atoms with Crippen molar-refractivity contribution in [1.82, 2.24) is 0 Å². The summed E-state index contributed by atoms with van der Waals surface area (Å²) < 4.78 is 105. The fraction of sp³-hybridized carbons (Fsp3) is 0.520. The number of alkyl halides is 4. The van der Waals surface area contributed by atoms with E-state index in [1.54, 1.807) is 0 Å². The molecule has 2 aromatic rings. The predicted molar refractivity (Wildman–Crippen MR) is 111 cm³/mol. The average molecular weight is 490 g/mol. The molecule has 2 saturated carbocycles. The van der Waals surface area contributed by atoms with Crippen molar-refractivity contribution in [2.75, 3.05) is 0 Å². The van der Waals surface area contributed by atoms with E-state index in [-0.39, 0.29) is 5.92 Å². The van der Waals surface area contributed by atoms with Crippen LogP contribution in [0.25, 0.3) is 0 Å². The van der Waals surface area contributed by atoms with Gasteiger partial charge in [0.15, 0.2) is 11.6 Å². The summed E-state index contributed by atoms with van der Waals surface area (Å²) in [4.78, 5) is 0. The van der Waals surface area contributed by atoms with E-state index >= 15 is 0 Å². The number of benzene rings is 2. The standard InChI is InChI=1S/C25H25F7O2/c26-19-13-18(9-10-22(19)33-24(29)30)34-25(31,32)23-20(27)11-17(12-21(23)28)16-7-5-15(6-8-16)14-3-1-2-4-14/h9-16,24H,1-8H2. The molecule has 34 heavy (non-hydrogen) atoms. The maximum Gasteiger partial charge on any atom is 0.432 e. The van der Waals surface area contributed by atoms with Crippen LogP contribution in [0.5, 0.6) is 11.5 Å². The van der Waals surface area contributed by atoms with E-state index < -0.39 is 47.2 Å². The summed E-state index contributed by atoms with van der Waals surface area (Å²) in [6.45, 7) is -3.32. The van der Waals surface area contributed by atoms with E-state index in [0.717, 1.165) is 43.9 Å². The Bertz CT molecular complexity index is 974. The molecule has 0 saturated heterocycles. The molecule has 9 heteroatoms. The van der Waals surface area contributed by atoms with E-state index in [9.17, 15) is 30.7 Å². The van der Waals surface area contributed by atoms with Crippen molar-refractivity contribution in [3.63, 3.8) is 0 Å². The molecule has 4 rings (SSSR count). The average Bonchev–Trinajstić information content (AvgIpc) is 3.29. The zero-order valence-corrected chi connectivity index (χ0v) is 18.3. The monoisotopic (exact) mass is 490 g/mol. The van der Waals surface area contributed by atoms with Gasteiger partial charge < -0.3 is 9.47 Å². The van der Waals surface area contributed by atoms with Gasteiger partial charge in [-0.25, -0.2) is 13.2 Å². The Balaban J connectivity index is 1.47. The first-order valence-corrected chi connectivity index (χ1v) is 11.4. The molecule has 2 aromatic carbocycles. The van der Waals surface area contributed by atoms with Gasteiger partial charge in [-0.15, -0.1) is 0 Å². The third-order valence-electron chi connectivity index (χ3n) is 7.03. The SMILES string of the molecule is Fc1cc(OC(F)(F)c2c(F)cc(C3CCC(C4CCCC4)CC3)cc2F)ccc1OC(F)F. The fourth-order valence-electron chi connectivity index (χ4n) is 5.39. The fourth-order valence-corrected chi connectivity index (χ4v) is 5.39. The molecule has 0 N–H and O–H groups in total. The molecule has 0 spiro atoms. The van der Waals surface area contributed by atoms with Crippen LogP contribution in [-0.4, -0.2) is 6.61 Å². The second kappa shape index (κ2) is 10.0. The van der Waals surface area contributed by atoms with Crippen molar-refractivity contribution in [2.45, 2.75) is 70.0 Å². The van der Waals surface area contributed by atoms with E-state index in [0.29, 0.717) is 29.5 Å². The first-order valence-electron chi connectivity index (χ1n) is 11.4. The number of rotatable bonds is 7. The molecule has 0 aliphatic heterocycles. The largest absolute Gasteiger partial charge is 0.432 e. The summed E-state index contributed by atoms with van der Waals surface area (Å²) in [5, 5.41) is 0.